The molecule has 0 radical (unpaired) electrons. The van der Waals surface area contributed by atoms with Gasteiger partial charge in [0.25, 0.3) is 0 Å². The maximum Gasteiger partial charge on any atom is 0.153 e. The Morgan fingerprint density at radius 2 is 2.33 bits per heavy atom. The van der Waals surface area contributed by atoms with Crippen LogP contribution in [0.3, 0.4) is 0 Å². The van der Waals surface area contributed by atoms with Gasteiger partial charge in [0.2, 0.25) is 0 Å². The fourth-order valence-electron chi connectivity index (χ4n) is 1.58. The van der Waals surface area contributed by atoms with Gasteiger partial charge < -0.3 is 4.74 Å². The van der Waals surface area contributed by atoms with Crippen LogP contribution < -0.4 is 4.74 Å². The number of ether oxygens (including phenoxy) is 1. The number of rotatable bonds is 5. The third-order valence-corrected chi connectivity index (χ3v) is 3.84. The lowest BCUT2D eigenvalue weighted by atomic mass is 10.2. The van der Waals surface area contributed by atoms with Gasteiger partial charge in [0.15, 0.2) is 6.29 Å². The molecular weight excluding hydrogens is 270 g/mol. The smallest absolute Gasteiger partial charge is 0.153 e. The van der Waals surface area contributed by atoms with Crippen molar-refractivity contribution in [1.82, 2.24) is 4.98 Å². The second kappa shape index (κ2) is 5.98. The molecule has 0 aliphatic carbocycles. The molecule has 0 aliphatic rings. The van der Waals surface area contributed by atoms with Crippen LogP contribution in [-0.4, -0.2) is 17.9 Å². The summed E-state index contributed by atoms with van der Waals surface area (Å²) in [6.07, 6.45) is 1.51. The molecule has 0 unspecified atom stereocenters. The number of benzene rings is 1. The standard InChI is InChI=1S/C13H12ClNO2S/c1-9-12(18-8-15-9)5-6-17-13-10(7-16)3-2-4-11(13)14/h2-4,7-8H,5-6H2,1H3. The van der Waals surface area contributed by atoms with Crippen molar-refractivity contribution in [3.8, 4) is 5.75 Å². The SMILES string of the molecule is Cc1ncsc1CCOc1c(Cl)cccc1C=O. The monoisotopic (exact) mass is 281 g/mol. The molecule has 94 valence electrons. The molecule has 0 spiro atoms. The summed E-state index contributed by atoms with van der Waals surface area (Å²) >= 11 is 7.61. The number of carbonyl (C=O) groups excluding carboxylic acids is 1. The summed E-state index contributed by atoms with van der Waals surface area (Å²) in [6, 6.07) is 5.13. The highest BCUT2D eigenvalue weighted by atomic mass is 35.5. The number of nitrogens with zero attached hydrogens (tertiary/aromatic N) is 1. The van der Waals surface area contributed by atoms with Gasteiger partial charge in [0.05, 0.1) is 28.4 Å². The van der Waals surface area contributed by atoms with Crippen molar-refractivity contribution < 1.29 is 9.53 Å². The highest BCUT2D eigenvalue weighted by molar-refractivity contribution is 7.09. The first-order chi connectivity index (χ1) is 8.72. The van der Waals surface area contributed by atoms with E-state index in [4.69, 9.17) is 16.3 Å². The Morgan fingerprint density at radius 1 is 1.50 bits per heavy atom. The fraction of sp³-hybridized carbons (Fsp3) is 0.231. The molecule has 18 heavy (non-hydrogen) atoms. The van der Waals surface area contributed by atoms with E-state index in [-0.39, 0.29) is 0 Å². The second-order valence-corrected chi connectivity index (χ2v) is 5.08. The van der Waals surface area contributed by atoms with Crippen LogP contribution in [0.1, 0.15) is 20.9 Å². The summed E-state index contributed by atoms with van der Waals surface area (Å²) in [4.78, 5) is 16.2. The average Bonchev–Trinajstić information content (AvgIpc) is 2.77. The fourth-order valence-corrected chi connectivity index (χ4v) is 2.58. The van der Waals surface area contributed by atoms with E-state index >= 15 is 0 Å². The molecule has 1 aromatic heterocycles. The van der Waals surface area contributed by atoms with Crippen molar-refractivity contribution in [2.24, 2.45) is 0 Å². The zero-order valence-corrected chi connectivity index (χ0v) is 11.4. The zero-order valence-electron chi connectivity index (χ0n) is 9.85. The van der Waals surface area contributed by atoms with Crippen LogP contribution >= 0.6 is 22.9 Å². The van der Waals surface area contributed by atoms with Gasteiger partial charge >= 0.3 is 0 Å². The maximum absolute atomic E-state index is 10.9. The third-order valence-electron chi connectivity index (χ3n) is 2.54. The zero-order chi connectivity index (χ0) is 13.0. The molecule has 2 rings (SSSR count). The van der Waals surface area contributed by atoms with E-state index in [9.17, 15) is 4.79 Å². The largest absolute Gasteiger partial charge is 0.491 e. The predicted octanol–water partition coefficient (Wildman–Crippen LogP) is 3.54. The first kappa shape index (κ1) is 13.1. The summed E-state index contributed by atoms with van der Waals surface area (Å²) in [5.41, 5.74) is 3.32. The minimum Gasteiger partial charge on any atom is -0.491 e. The molecule has 0 saturated carbocycles. The lowest BCUT2D eigenvalue weighted by molar-refractivity contribution is 0.111. The number of hydrogen-bond donors (Lipinski definition) is 0. The molecule has 5 heteroatoms. The Labute approximate surface area is 114 Å². The molecule has 0 saturated heterocycles. The van der Waals surface area contributed by atoms with E-state index in [1.807, 2.05) is 12.4 Å². The number of carbonyl (C=O) groups is 1. The van der Waals surface area contributed by atoms with E-state index in [1.54, 1.807) is 29.5 Å². The number of aromatic nitrogens is 1. The summed E-state index contributed by atoms with van der Waals surface area (Å²) in [6.45, 7) is 2.45. The molecule has 1 aromatic carbocycles. The first-order valence-electron chi connectivity index (χ1n) is 5.48. The van der Waals surface area contributed by atoms with E-state index in [1.165, 1.54) is 4.88 Å². The first-order valence-corrected chi connectivity index (χ1v) is 6.73. The molecule has 0 aliphatic heterocycles. The lowest BCUT2D eigenvalue weighted by Gasteiger charge is -2.09. The van der Waals surface area contributed by atoms with Crippen LogP contribution in [0.4, 0.5) is 0 Å². The van der Waals surface area contributed by atoms with Gasteiger partial charge in [-0.1, -0.05) is 17.7 Å². The Kier molecular flexibility index (Phi) is 4.33. The van der Waals surface area contributed by atoms with Crippen molar-refractivity contribution in [2.75, 3.05) is 6.61 Å². The van der Waals surface area contributed by atoms with Crippen LogP contribution in [0.5, 0.6) is 5.75 Å². The molecule has 0 bridgehead atoms. The molecule has 3 nitrogen and oxygen atoms in total. The van der Waals surface area contributed by atoms with Crippen molar-refractivity contribution >= 4 is 29.2 Å². The van der Waals surface area contributed by atoms with Crippen molar-refractivity contribution in [3.05, 3.63) is 44.9 Å². The highest BCUT2D eigenvalue weighted by Gasteiger charge is 2.08. The molecule has 0 amide bonds. The summed E-state index contributed by atoms with van der Waals surface area (Å²) in [5.74, 6) is 0.455. The van der Waals surface area contributed by atoms with Crippen LogP contribution in [0.25, 0.3) is 0 Å². The van der Waals surface area contributed by atoms with Gasteiger partial charge in [0, 0.05) is 11.3 Å². The predicted molar refractivity (Wildman–Crippen MR) is 72.9 cm³/mol. The lowest BCUT2D eigenvalue weighted by Crippen LogP contribution is -2.03. The topological polar surface area (TPSA) is 39.2 Å². The van der Waals surface area contributed by atoms with Crippen molar-refractivity contribution in [3.63, 3.8) is 0 Å². The van der Waals surface area contributed by atoms with Gasteiger partial charge in [-0.25, -0.2) is 4.98 Å². The van der Waals surface area contributed by atoms with Gasteiger partial charge in [-0.3, -0.25) is 4.79 Å². The Morgan fingerprint density at radius 3 is 3.00 bits per heavy atom. The van der Waals surface area contributed by atoms with E-state index in [0.717, 1.165) is 18.4 Å². The van der Waals surface area contributed by atoms with Crippen LogP contribution in [0.15, 0.2) is 23.7 Å². The maximum atomic E-state index is 10.9. The van der Waals surface area contributed by atoms with Crippen LogP contribution in [0.2, 0.25) is 5.02 Å². The summed E-state index contributed by atoms with van der Waals surface area (Å²) in [7, 11) is 0. The van der Waals surface area contributed by atoms with E-state index in [0.29, 0.717) is 22.9 Å². The number of halogens is 1. The van der Waals surface area contributed by atoms with Gasteiger partial charge in [0.1, 0.15) is 5.75 Å². The van der Waals surface area contributed by atoms with Gasteiger partial charge in [-0.2, -0.15) is 0 Å². The number of aldehydes is 1. The normalized spacial score (nSPS) is 10.3. The van der Waals surface area contributed by atoms with E-state index < -0.39 is 0 Å². The van der Waals surface area contributed by atoms with Crippen molar-refractivity contribution in [1.29, 1.82) is 0 Å². The third kappa shape index (κ3) is 2.89. The summed E-state index contributed by atoms with van der Waals surface area (Å²) < 4.78 is 5.60. The minimum absolute atomic E-state index is 0.455. The molecule has 0 N–H and O–H groups in total. The average molecular weight is 282 g/mol. The van der Waals surface area contributed by atoms with E-state index in [2.05, 4.69) is 4.98 Å². The number of hydrogen-bond acceptors (Lipinski definition) is 4. The molecule has 0 atom stereocenters. The molecule has 2 aromatic rings. The minimum atomic E-state index is 0.455. The highest BCUT2D eigenvalue weighted by Crippen LogP contribution is 2.27. The molecular formula is C13H12ClNO2S. The van der Waals surface area contributed by atoms with Gasteiger partial charge in [-0.05, 0) is 19.1 Å². The Bertz CT molecular complexity index is 554. The number of aryl methyl sites for hydroxylation is 1. The Hall–Kier alpha value is -1.39. The molecule has 0 fully saturated rings. The number of para-hydroxylation sites is 1. The molecule has 1 heterocycles. The summed E-state index contributed by atoms with van der Waals surface area (Å²) in [5, 5.41) is 0.459. The van der Waals surface area contributed by atoms with Crippen LogP contribution in [-0.2, 0) is 6.42 Å². The number of thiazole rings is 1. The second-order valence-electron chi connectivity index (χ2n) is 3.74. The van der Waals surface area contributed by atoms with Crippen molar-refractivity contribution in [2.45, 2.75) is 13.3 Å². The van der Waals surface area contributed by atoms with Gasteiger partial charge in [-0.15, -0.1) is 11.3 Å². The Balaban J connectivity index is 2.02. The van der Waals surface area contributed by atoms with Crippen LogP contribution in [0, 0.1) is 6.92 Å². The quantitative estimate of drug-likeness (QED) is 0.787.